The number of nitrogens with zero attached hydrogens (tertiary/aromatic N) is 3. The second-order valence-corrected chi connectivity index (χ2v) is 20.5. The zero-order chi connectivity index (χ0) is 55.6. The van der Waals surface area contributed by atoms with Gasteiger partial charge in [0.05, 0.1) is 33.0 Å². The number of carbonyl (C=O) groups is 5. The number of esters is 1. The molecular weight excluding hydrogens is 1130 g/mol. The Bertz CT molecular complexity index is 3320. The molecule has 7 heterocycles. The van der Waals surface area contributed by atoms with Gasteiger partial charge in [-0.25, -0.2) is 9.59 Å². The van der Waals surface area contributed by atoms with Gasteiger partial charge in [-0.1, -0.05) is 41.4 Å². The molecule has 0 saturated heterocycles. The topological polar surface area (TPSA) is 271 Å². The molecule has 2 aromatic carbocycles. The van der Waals surface area contributed by atoms with Crippen molar-refractivity contribution >= 4 is 104 Å². The number of carbonyl (C=O) groups excluding carboxylic acids is 4. The van der Waals surface area contributed by atoms with Crippen LogP contribution in [0.1, 0.15) is 88.7 Å². The van der Waals surface area contributed by atoms with Gasteiger partial charge in [-0.3, -0.25) is 29.3 Å². The van der Waals surface area contributed by atoms with Crippen LogP contribution in [0, 0.1) is 0 Å². The number of carboxylic acids is 1. The minimum absolute atomic E-state index is 0. The molecule has 0 bridgehead atoms. The Kier molecular flexibility index (Phi) is 29.9. The van der Waals surface area contributed by atoms with E-state index in [1.807, 2.05) is 86.6 Å². The smallest absolute Gasteiger partial charge is 0.870 e. The van der Waals surface area contributed by atoms with Gasteiger partial charge < -0.3 is 41.3 Å². The number of hydrogen-bond acceptors (Lipinski definition) is 15. The first kappa shape index (κ1) is 70.3. The van der Waals surface area contributed by atoms with E-state index in [9.17, 15) is 24.0 Å². The molecule has 5 aromatic heterocycles. The van der Waals surface area contributed by atoms with Crippen molar-refractivity contribution in [2.75, 3.05) is 19.7 Å². The fourth-order valence-electron chi connectivity index (χ4n) is 7.72. The van der Waals surface area contributed by atoms with Gasteiger partial charge in [0.25, 0.3) is 0 Å². The second kappa shape index (κ2) is 34.5. The zero-order valence-electron chi connectivity index (χ0n) is 45.5. The number of rotatable bonds is 14. The van der Waals surface area contributed by atoms with Crippen LogP contribution in [0.3, 0.4) is 0 Å². The van der Waals surface area contributed by atoms with Crippen molar-refractivity contribution in [1.29, 1.82) is 0 Å². The monoisotopic (exact) mass is 1190 g/mol. The first-order valence-electron chi connectivity index (χ1n) is 24.3. The molecule has 7 aromatic rings. The fourth-order valence-corrected chi connectivity index (χ4v) is 10.1. The van der Waals surface area contributed by atoms with Crippen molar-refractivity contribution < 1.29 is 73.1 Å². The first-order valence-corrected chi connectivity index (χ1v) is 26.7. The molecule has 0 radical (unpaired) electrons. The number of nitrogens with two attached hydrogens (primary N) is 1. The molecule has 9 rings (SSSR count). The number of hydrogen-bond donors (Lipinski definition) is 3. The van der Waals surface area contributed by atoms with E-state index in [-0.39, 0.29) is 77.9 Å². The summed E-state index contributed by atoms with van der Waals surface area (Å²) in [6, 6.07) is 26.5. The summed E-state index contributed by atoms with van der Waals surface area (Å²) in [6.45, 7) is 11.6. The van der Waals surface area contributed by atoms with E-state index in [1.165, 1.54) is 28.7 Å². The number of ketones is 2. The Morgan fingerprint density at radius 1 is 0.679 bits per heavy atom. The third-order valence-corrected chi connectivity index (χ3v) is 14.6. The summed E-state index contributed by atoms with van der Waals surface area (Å²) in [5.41, 5.74) is 14.8. The van der Waals surface area contributed by atoms with Gasteiger partial charge in [-0.05, 0) is 153 Å². The van der Waals surface area contributed by atoms with Crippen LogP contribution >= 0.6 is 58.3 Å². The van der Waals surface area contributed by atoms with Gasteiger partial charge in [-0.2, -0.15) is 0 Å². The minimum atomic E-state index is -0.934. The van der Waals surface area contributed by atoms with Crippen LogP contribution in [0.25, 0.3) is 37.6 Å². The molecule has 22 heteroatoms. The number of Topliss-reactive ketones (excluding diaryl/α,β-unsaturated/α-hetero) is 2. The summed E-state index contributed by atoms with van der Waals surface area (Å²) in [7, 11) is 0. The van der Waals surface area contributed by atoms with Crippen LogP contribution in [0.4, 0.5) is 0 Å². The van der Waals surface area contributed by atoms with Crippen molar-refractivity contribution in [2.45, 2.75) is 66.6 Å². The van der Waals surface area contributed by atoms with Crippen molar-refractivity contribution in [2.24, 2.45) is 5.73 Å². The molecule has 0 fully saturated rings. The number of ether oxygens (including phenoxy) is 3. The van der Waals surface area contributed by atoms with E-state index in [4.69, 9.17) is 48.3 Å². The first-order chi connectivity index (χ1) is 36.9. The maximum atomic E-state index is 12.3. The van der Waals surface area contributed by atoms with Crippen LogP contribution in [-0.2, 0) is 32.0 Å². The number of halogens is 3. The normalized spacial score (nSPS) is 13.6. The summed E-state index contributed by atoms with van der Waals surface area (Å²) >= 11 is 15.7. The Balaban J connectivity index is 0.000000389. The molecule has 1 amide bonds. The van der Waals surface area contributed by atoms with Crippen molar-refractivity contribution in [3.63, 3.8) is 0 Å². The predicted molar refractivity (Wildman–Crippen MR) is 319 cm³/mol. The van der Waals surface area contributed by atoms with E-state index in [1.54, 1.807) is 77.0 Å². The largest absolute Gasteiger partial charge is 1.00 e. The van der Waals surface area contributed by atoms with Gasteiger partial charge >= 0.3 is 30.8 Å². The van der Waals surface area contributed by atoms with Gasteiger partial charge in [-0.15, -0.1) is 35.1 Å². The third-order valence-electron chi connectivity index (χ3n) is 11.6. The number of aromatic nitrogens is 3. The number of thiophene rings is 2. The number of carboxylic acid groups (broad SMARTS) is 1. The molecule has 0 saturated carbocycles. The van der Waals surface area contributed by atoms with E-state index in [2.05, 4.69) is 26.3 Å². The van der Waals surface area contributed by atoms with E-state index < -0.39 is 5.97 Å². The van der Waals surface area contributed by atoms with Gasteiger partial charge in [0.2, 0.25) is 5.91 Å². The Hall–Kier alpha value is -6.79. The average molecular weight is 1190 g/mol. The number of nitrogens with one attached hydrogen (secondary N) is 1. The Morgan fingerprint density at radius 2 is 1.10 bits per heavy atom. The Morgan fingerprint density at radius 3 is 1.48 bits per heavy atom. The van der Waals surface area contributed by atoms with Crippen LogP contribution in [-0.4, -0.2) is 92.3 Å². The molecular formula is C59H61Cl3LiN5O11S2. The number of benzene rings is 2. The molecule has 2 unspecified atom stereocenters. The number of amides is 1. The van der Waals surface area contributed by atoms with Crippen molar-refractivity contribution in [1.82, 2.24) is 20.3 Å². The molecule has 0 spiro atoms. The summed E-state index contributed by atoms with van der Waals surface area (Å²) in [5.74, 6) is 0.119. The number of fused-ring (bicyclic) bond motifs is 2. The van der Waals surface area contributed by atoms with Gasteiger partial charge in [0, 0.05) is 95.7 Å². The third kappa shape index (κ3) is 20.9. The SMILES string of the molecule is C/C(=C\C(=O)O)c1cccnc1.CC(=O)c1ccc(-c2cc(Cl)c3c(c2)CC(CN)O3)s1.CC(=O)c1ccc(-c2cc(Cl)c3c(c2)CC(CNC(=O)/C=C(\C)c2cccnc2)O3)s1.CCOC(=O)/C=C(\C)c1cccnc1.Cl.O.[Li+].[OH-]. The number of aliphatic carboxylic acids is 1. The predicted octanol–water partition coefficient (Wildman–Crippen LogP) is 8.76. The number of allylic oxidation sites excluding steroid dienone is 3. The molecule has 422 valence electrons. The maximum Gasteiger partial charge on any atom is 1.00 e. The molecule has 7 N–H and O–H groups in total. The quantitative estimate of drug-likeness (QED) is 0.0398. The molecule has 2 atom stereocenters. The van der Waals surface area contributed by atoms with E-state index in [0.717, 1.165) is 87.8 Å². The molecule has 0 aliphatic carbocycles. The summed E-state index contributed by atoms with van der Waals surface area (Å²) in [4.78, 5) is 72.1. The zero-order valence-corrected chi connectivity index (χ0v) is 49.5. The van der Waals surface area contributed by atoms with Crippen molar-refractivity contribution in [3.05, 3.63) is 188 Å². The molecule has 2 aliphatic rings. The standard InChI is InChI=1S/C24H21ClN2O3S.C15H14ClNO2S.C11H13NO2.C9H9NO2.ClH.Li.2H2O/c1-14(16-4-3-7-26-12-16)8-23(29)27-13-19-10-18-9-17(11-20(25)24(18)30-19)22-6-5-21(31-22)15(2)28;1-8(18)13-2-3-14(20-13)9-4-10-5-11(7-17)19-15(10)12(16)6-9;1-3-14-11(13)7-9(2)10-5-4-6-12-8-10;1-7(5-9(11)12)8-3-2-4-10-6-8;;;;/h3-9,11-12,19H,10,13H2,1-2H3,(H,27,29);2-4,6,11H,5,7,17H2,1H3;4-8H,3H2,1-2H3;2-6H,1H3,(H,11,12);1H;;2*1H2/q;;;;;+1;;/p-1/b14-8+;;9-7+;7-5+;;;;. The number of pyridine rings is 3. The van der Waals surface area contributed by atoms with Gasteiger partial charge in [0.15, 0.2) is 11.6 Å². The summed E-state index contributed by atoms with van der Waals surface area (Å²) < 4.78 is 16.5. The van der Waals surface area contributed by atoms with E-state index in [0.29, 0.717) is 47.5 Å². The fraction of sp³-hybridized carbons (Fsp3) is 0.220. The average Bonchev–Trinajstić information content (AvgIpc) is 4.29. The summed E-state index contributed by atoms with van der Waals surface area (Å²) in [5, 5.41) is 12.5. The second-order valence-electron chi connectivity index (χ2n) is 17.5. The maximum absolute atomic E-state index is 12.3. The van der Waals surface area contributed by atoms with Crippen molar-refractivity contribution in [3.8, 4) is 32.4 Å². The molecule has 2 aliphatic heterocycles. The van der Waals surface area contributed by atoms with Crippen LogP contribution < -0.4 is 39.4 Å². The Labute approximate surface area is 506 Å². The van der Waals surface area contributed by atoms with Gasteiger partial charge in [0.1, 0.15) is 23.7 Å². The van der Waals surface area contributed by atoms with E-state index >= 15 is 0 Å². The van der Waals surface area contributed by atoms with Crippen LogP contribution in [0.15, 0.2) is 140 Å². The minimum Gasteiger partial charge on any atom is -0.870 e. The van der Waals surface area contributed by atoms with Crippen LogP contribution in [0.5, 0.6) is 11.5 Å². The summed E-state index contributed by atoms with van der Waals surface area (Å²) in [6.07, 6.45) is 15.6. The van der Waals surface area contributed by atoms with Crippen LogP contribution in [0.2, 0.25) is 10.0 Å². The molecule has 81 heavy (non-hydrogen) atoms. The molecule has 16 nitrogen and oxygen atoms in total.